The van der Waals surface area contributed by atoms with E-state index < -0.39 is 23.4 Å². The summed E-state index contributed by atoms with van der Waals surface area (Å²) in [7, 11) is 0. The summed E-state index contributed by atoms with van der Waals surface area (Å²) >= 11 is 3.85. The van der Waals surface area contributed by atoms with E-state index in [0.717, 1.165) is 18.2 Å². The minimum atomic E-state index is -1.06. The SMILES string of the molecule is O=C(Nc1ccc(F)c(F)c1)c1ccc(F)c(S)c1. The number of amides is 1. The van der Waals surface area contributed by atoms with Crippen molar-refractivity contribution >= 4 is 24.2 Å². The second-order valence-corrected chi connectivity index (χ2v) is 4.23. The summed E-state index contributed by atoms with van der Waals surface area (Å²) in [5.74, 6) is -3.18. The fourth-order valence-electron chi connectivity index (χ4n) is 1.43. The molecule has 2 nitrogen and oxygen atoms in total. The molecule has 2 aromatic rings. The van der Waals surface area contributed by atoms with E-state index in [1.165, 1.54) is 18.2 Å². The van der Waals surface area contributed by atoms with Crippen molar-refractivity contribution in [1.82, 2.24) is 0 Å². The van der Waals surface area contributed by atoms with E-state index in [1.54, 1.807) is 0 Å². The molecule has 0 fully saturated rings. The lowest BCUT2D eigenvalue weighted by atomic mass is 10.2. The Bertz CT molecular complexity index is 646. The van der Waals surface area contributed by atoms with Gasteiger partial charge in [0.15, 0.2) is 11.6 Å². The Hall–Kier alpha value is -1.95. The number of anilines is 1. The Kier molecular flexibility index (Phi) is 3.80. The molecule has 0 aliphatic carbocycles. The Morgan fingerprint density at radius 3 is 2.26 bits per heavy atom. The number of hydrogen-bond donors (Lipinski definition) is 2. The van der Waals surface area contributed by atoms with Crippen molar-refractivity contribution in [2.45, 2.75) is 4.90 Å². The van der Waals surface area contributed by atoms with Crippen LogP contribution in [0.1, 0.15) is 10.4 Å². The van der Waals surface area contributed by atoms with E-state index in [4.69, 9.17) is 0 Å². The van der Waals surface area contributed by atoms with Crippen LogP contribution in [0.15, 0.2) is 41.3 Å². The summed E-state index contributed by atoms with van der Waals surface area (Å²) in [6.07, 6.45) is 0. The Morgan fingerprint density at radius 1 is 0.947 bits per heavy atom. The number of thiol groups is 1. The lowest BCUT2D eigenvalue weighted by molar-refractivity contribution is 0.102. The summed E-state index contributed by atoms with van der Waals surface area (Å²) < 4.78 is 38.7. The standard InChI is InChI=1S/C13H8F3NOS/c14-9-4-2-8(6-11(9)16)17-13(18)7-1-3-10(15)12(19)5-7/h1-6,19H,(H,17,18). The van der Waals surface area contributed by atoms with E-state index >= 15 is 0 Å². The monoisotopic (exact) mass is 283 g/mol. The normalized spacial score (nSPS) is 10.3. The molecular weight excluding hydrogens is 275 g/mol. The molecule has 0 saturated heterocycles. The van der Waals surface area contributed by atoms with Gasteiger partial charge in [-0.15, -0.1) is 12.6 Å². The van der Waals surface area contributed by atoms with Gasteiger partial charge in [0.05, 0.1) is 0 Å². The van der Waals surface area contributed by atoms with E-state index in [2.05, 4.69) is 17.9 Å². The molecule has 0 bridgehead atoms. The zero-order valence-corrected chi connectivity index (χ0v) is 10.3. The molecule has 0 radical (unpaired) electrons. The van der Waals surface area contributed by atoms with Gasteiger partial charge in [-0.05, 0) is 30.3 Å². The van der Waals surface area contributed by atoms with E-state index in [-0.39, 0.29) is 16.1 Å². The lowest BCUT2D eigenvalue weighted by Crippen LogP contribution is -2.12. The minimum absolute atomic E-state index is 0.0259. The van der Waals surface area contributed by atoms with Gasteiger partial charge < -0.3 is 5.32 Å². The van der Waals surface area contributed by atoms with Crippen LogP contribution >= 0.6 is 12.6 Å². The highest BCUT2D eigenvalue weighted by atomic mass is 32.1. The van der Waals surface area contributed by atoms with Crippen LogP contribution in [-0.4, -0.2) is 5.91 Å². The fourth-order valence-corrected chi connectivity index (χ4v) is 1.64. The summed E-state index contributed by atoms with van der Waals surface area (Å²) in [5.41, 5.74) is 0.269. The largest absolute Gasteiger partial charge is 0.322 e. The van der Waals surface area contributed by atoms with Crippen molar-refractivity contribution in [3.63, 3.8) is 0 Å². The van der Waals surface area contributed by atoms with Crippen molar-refractivity contribution in [2.24, 2.45) is 0 Å². The van der Waals surface area contributed by atoms with Gasteiger partial charge >= 0.3 is 0 Å². The van der Waals surface area contributed by atoms with Crippen molar-refractivity contribution in [3.05, 3.63) is 59.4 Å². The highest BCUT2D eigenvalue weighted by Gasteiger charge is 2.10. The molecule has 0 heterocycles. The average molecular weight is 283 g/mol. The molecule has 1 amide bonds. The molecule has 2 rings (SSSR count). The van der Waals surface area contributed by atoms with E-state index in [1.807, 2.05) is 0 Å². The smallest absolute Gasteiger partial charge is 0.255 e. The molecule has 0 atom stereocenters. The predicted octanol–water partition coefficient (Wildman–Crippen LogP) is 3.64. The second-order valence-electron chi connectivity index (χ2n) is 3.75. The first kappa shape index (κ1) is 13.5. The van der Waals surface area contributed by atoms with Crippen molar-refractivity contribution < 1.29 is 18.0 Å². The molecule has 0 aliphatic rings. The van der Waals surface area contributed by atoms with Gasteiger partial charge in [-0.25, -0.2) is 13.2 Å². The summed E-state index contributed by atoms with van der Waals surface area (Å²) in [4.78, 5) is 11.8. The maximum absolute atomic E-state index is 13.0. The average Bonchev–Trinajstić information content (AvgIpc) is 2.37. The van der Waals surface area contributed by atoms with Gasteiger partial charge in [-0.1, -0.05) is 0 Å². The van der Waals surface area contributed by atoms with Gasteiger partial charge in [0.1, 0.15) is 5.82 Å². The Morgan fingerprint density at radius 2 is 1.63 bits per heavy atom. The topological polar surface area (TPSA) is 29.1 Å². The number of rotatable bonds is 2. The van der Waals surface area contributed by atoms with Gasteiger partial charge in [-0.2, -0.15) is 0 Å². The quantitative estimate of drug-likeness (QED) is 0.809. The third-order valence-electron chi connectivity index (χ3n) is 2.39. The minimum Gasteiger partial charge on any atom is -0.322 e. The fraction of sp³-hybridized carbons (Fsp3) is 0. The highest BCUT2D eigenvalue weighted by molar-refractivity contribution is 7.80. The second kappa shape index (κ2) is 5.36. The van der Waals surface area contributed by atoms with Crippen LogP contribution in [0.4, 0.5) is 18.9 Å². The predicted molar refractivity (Wildman–Crippen MR) is 68.0 cm³/mol. The first-order chi connectivity index (χ1) is 8.97. The number of carbonyl (C=O) groups is 1. The Labute approximate surface area is 112 Å². The van der Waals surface area contributed by atoms with Crippen molar-refractivity contribution in [1.29, 1.82) is 0 Å². The van der Waals surface area contributed by atoms with Crippen LogP contribution in [0.3, 0.4) is 0 Å². The van der Waals surface area contributed by atoms with Gasteiger partial charge in [0, 0.05) is 22.2 Å². The van der Waals surface area contributed by atoms with Crippen molar-refractivity contribution in [3.8, 4) is 0 Å². The third kappa shape index (κ3) is 3.08. The third-order valence-corrected chi connectivity index (χ3v) is 2.73. The van der Waals surface area contributed by atoms with Crippen LogP contribution in [0.2, 0.25) is 0 Å². The number of nitrogens with one attached hydrogen (secondary N) is 1. The molecule has 0 aliphatic heterocycles. The first-order valence-corrected chi connectivity index (χ1v) is 5.67. The molecule has 0 aromatic heterocycles. The first-order valence-electron chi connectivity index (χ1n) is 5.22. The maximum atomic E-state index is 13.0. The lowest BCUT2D eigenvalue weighted by Gasteiger charge is -2.06. The number of carbonyl (C=O) groups excluding carboxylic acids is 1. The number of benzene rings is 2. The maximum Gasteiger partial charge on any atom is 0.255 e. The van der Waals surface area contributed by atoms with Crippen LogP contribution in [0.25, 0.3) is 0 Å². The van der Waals surface area contributed by atoms with Gasteiger partial charge in [-0.3, -0.25) is 4.79 Å². The summed E-state index contributed by atoms with van der Waals surface area (Å²) in [5, 5.41) is 2.37. The molecule has 19 heavy (non-hydrogen) atoms. The molecule has 2 aromatic carbocycles. The van der Waals surface area contributed by atoms with Crippen LogP contribution < -0.4 is 5.32 Å². The van der Waals surface area contributed by atoms with Crippen LogP contribution in [0, 0.1) is 17.5 Å². The number of halogens is 3. The van der Waals surface area contributed by atoms with Crippen LogP contribution in [0.5, 0.6) is 0 Å². The Balaban J connectivity index is 2.20. The van der Waals surface area contributed by atoms with Gasteiger partial charge in [0.25, 0.3) is 5.91 Å². The molecule has 0 saturated carbocycles. The number of hydrogen-bond acceptors (Lipinski definition) is 2. The highest BCUT2D eigenvalue weighted by Crippen LogP contribution is 2.17. The van der Waals surface area contributed by atoms with E-state index in [9.17, 15) is 18.0 Å². The molecule has 0 unspecified atom stereocenters. The zero-order chi connectivity index (χ0) is 14.0. The summed E-state index contributed by atoms with van der Waals surface area (Å²) in [6.45, 7) is 0. The molecule has 98 valence electrons. The summed E-state index contributed by atoms with van der Waals surface area (Å²) in [6, 6.07) is 6.60. The molecule has 0 spiro atoms. The zero-order valence-electron chi connectivity index (χ0n) is 9.45. The van der Waals surface area contributed by atoms with Crippen molar-refractivity contribution in [2.75, 3.05) is 5.32 Å². The molecule has 1 N–H and O–H groups in total. The van der Waals surface area contributed by atoms with Gasteiger partial charge in [0.2, 0.25) is 0 Å². The van der Waals surface area contributed by atoms with E-state index in [0.29, 0.717) is 0 Å². The van der Waals surface area contributed by atoms with Crippen LogP contribution in [-0.2, 0) is 0 Å². The molecule has 6 heteroatoms. The molecular formula is C13H8F3NOS.